The van der Waals surface area contributed by atoms with Crippen LogP contribution in [0.15, 0.2) is 78.9 Å². The van der Waals surface area contributed by atoms with Crippen LogP contribution in [0.4, 0.5) is 11.4 Å². The van der Waals surface area contributed by atoms with E-state index in [1.807, 2.05) is 61.5 Å². The van der Waals surface area contributed by atoms with Crippen LogP contribution < -0.4 is 15.2 Å². The van der Waals surface area contributed by atoms with E-state index in [-0.39, 0.29) is 17.9 Å². The van der Waals surface area contributed by atoms with E-state index in [2.05, 4.69) is 34.5 Å². The van der Waals surface area contributed by atoms with Crippen molar-refractivity contribution >= 4 is 17.3 Å². The van der Waals surface area contributed by atoms with Crippen LogP contribution in [0, 0.1) is 10.8 Å². The van der Waals surface area contributed by atoms with Crippen molar-refractivity contribution in [3.05, 3.63) is 94.9 Å². The Hall–Kier alpha value is -3.51. The number of ether oxygens (including phenoxy) is 1. The number of hydrogen-bond acceptors (Lipinski definition) is 4. The van der Waals surface area contributed by atoms with Crippen LogP contribution in [-0.2, 0) is 4.79 Å². The van der Waals surface area contributed by atoms with Gasteiger partial charge in [-0.15, -0.1) is 0 Å². The lowest BCUT2D eigenvalue weighted by Gasteiger charge is -2.33. The van der Waals surface area contributed by atoms with Gasteiger partial charge in [-0.1, -0.05) is 62.4 Å². The maximum atomic E-state index is 12.1. The van der Waals surface area contributed by atoms with Gasteiger partial charge in [-0.25, -0.2) is 0 Å². The van der Waals surface area contributed by atoms with Crippen LogP contribution >= 0.6 is 0 Å². The zero-order valence-corrected chi connectivity index (χ0v) is 21.2. The van der Waals surface area contributed by atoms with Gasteiger partial charge >= 0.3 is 0 Å². The smallest absolute Gasteiger partial charge is 0.257 e. The maximum Gasteiger partial charge on any atom is 0.257 e. The van der Waals surface area contributed by atoms with Gasteiger partial charge in [0.2, 0.25) is 5.91 Å². The number of rotatable bonds is 10. The molecule has 0 aliphatic carbocycles. The van der Waals surface area contributed by atoms with Crippen LogP contribution in [0.5, 0.6) is 5.75 Å². The minimum absolute atomic E-state index is 0.0344. The molecule has 6 heteroatoms. The highest BCUT2D eigenvalue weighted by atomic mass is 16.5. The molecular formula is C30H36N3O3+. The average Bonchev–Trinajstić information content (AvgIpc) is 2.92. The van der Waals surface area contributed by atoms with Crippen LogP contribution in [0.3, 0.4) is 0 Å². The lowest BCUT2D eigenvalue weighted by molar-refractivity contribution is -0.379. The Kier molecular flexibility index (Phi) is 8.85. The number of carbonyl (C=O) groups is 1. The van der Waals surface area contributed by atoms with E-state index in [9.17, 15) is 9.70 Å². The number of nitrogens with one attached hydrogen (secondary N) is 2. The maximum absolute atomic E-state index is 12.1. The zero-order valence-electron chi connectivity index (χ0n) is 21.2. The SMILES string of the molecule is CC(C)C(=O)Nc1cccc(C2CCN(CC[C@@H](Oc3cccc([NH+]=O)c3)c3ccccc3)CC2)c1. The van der Waals surface area contributed by atoms with E-state index >= 15 is 0 Å². The van der Waals surface area contributed by atoms with E-state index in [1.54, 1.807) is 12.1 Å². The minimum Gasteiger partial charge on any atom is -0.485 e. The summed E-state index contributed by atoms with van der Waals surface area (Å²) < 4.78 is 6.35. The Labute approximate surface area is 213 Å². The highest BCUT2D eigenvalue weighted by Crippen LogP contribution is 2.31. The normalized spacial score (nSPS) is 15.4. The van der Waals surface area contributed by atoms with Crippen molar-refractivity contribution in [1.29, 1.82) is 0 Å². The van der Waals surface area contributed by atoms with Gasteiger partial charge in [0.15, 0.2) is 0 Å². The van der Waals surface area contributed by atoms with Crippen LogP contribution in [0.2, 0.25) is 0 Å². The fraction of sp³-hybridized carbons (Fsp3) is 0.367. The topological polar surface area (TPSA) is 72.6 Å². The Morgan fingerprint density at radius 3 is 2.47 bits per heavy atom. The molecule has 1 atom stereocenters. The van der Waals surface area contributed by atoms with Gasteiger partial charge in [0.25, 0.3) is 5.69 Å². The molecule has 1 aliphatic rings. The average molecular weight is 487 g/mol. The molecule has 1 heterocycles. The predicted molar refractivity (Wildman–Crippen MR) is 143 cm³/mol. The van der Waals surface area contributed by atoms with Gasteiger partial charge in [0, 0.05) is 40.7 Å². The molecule has 3 aromatic carbocycles. The highest BCUT2D eigenvalue weighted by Gasteiger charge is 2.23. The third kappa shape index (κ3) is 7.01. The molecule has 0 spiro atoms. The molecule has 0 aromatic heterocycles. The summed E-state index contributed by atoms with van der Waals surface area (Å²) in [6, 6.07) is 25.8. The molecule has 3 aromatic rings. The predicted octanol–water partition coefficient (Wildman–Crippen LogP) is 5.15. The van der Waals surface area contributed by atoms with Gasteiger partial charge in [-0.05, 0) is 61.2 Å². The molecule has 0 saturated carbocycles. The van der Waals surface area contributed by atoms with Gasteiger partial charge < -0.3 is 15.0 Å². The van der Waals surface area contributed by atoms with E-state index in [0.717, 1.165) is 50.1 Å². The Bertz CT molecular complexity index is 1140. The first kappa shape index (κ1) is 25.6. The lowest BCUT2D eigenvalue weighted by Crippen LogP contribution is -2.55. The Balaban J connectivity index is 1.34. The molecule has 0 radical (unpaired) electrons. The summed E-state index contributed by atoms with van der Waals surface area (Å²) in [4.78, 5) is 25.6. The van der Waals surface area contributed by atoms with Crippen molar-refractivity contribution in [3.8, 4) is 5.75 Å². The number of nitrogens with zero attached hydrogens (tertiary/aromatic N) is 1. The summed E-state index contributed by atoms with van der Waals surface area (Å²) in [6.07, 6.45) is 2.96. The molecule has 6 nitrogen and oxygen atoms in total. The number of anilines is 1. The second kappa shape index (κ2) is 12.5. The van der Waals surface area contributed by atoms with Crippen molar-refractivity contribution in [1.82, 2.24) is 4.90 Å². The summed E-state index contributed by atoms with van der Waals surface area (Å²) in [5, 5.41) is 4.96. The molecule has 1 fully saturated rings. The molecule has 0 bridgehead atoms. The van der Waals surface area contributed by atoms with E-state index in [1.165, 1.54) is 5.56 Å². The van der Waals surface area contributed by atoms with Gasteiger partial charge in [-0.3, -0.25) is 4.79 Å². The molecule has 36 heavy (non-hydrogen) atoms. The quantitative estimate of drug-likeness (QED) is 0.416. The molecule has 2 N–H and O–H groups in total. The summed E-state index contributed by atoms with van der Waals surface area (Å²) in [5.74, 6) is 1.20. The minimum atomic E-state index is -0.0907. The number of hydrogen-bond donors (Lipinski definition) is 2. The summed E-state index contributed by atoms with van der Waals surface area (Å²) >= 11 is 0. The number of nitroso groups, excluding NO2 is 1. The standard InChI is InChI=1S/C30H35N3O3/c1-22(2)30(34)31-26-11-6-10-25(20-26)23-14-17-33(18-15-23)19-16-29(24-8-4-3-5-9-24)36-28-13-7-12-27(21-28)32-35/h3-13,20-23,29H,14-19H2,1-2H3,(H,31,34)/p+1/t29-/m1/s1. The number of likely N-dealkylation sites (tertiary alicyclic amines) is 1. The van der Waals surface area contributed by atoms with Crippen LogP contribution in [0.1, 0.15) is 56.3 Å². The fourth-order valence-corrected chi connectivity index (χ4v) is 4.71. The number of benzene rings is 3. The third-order valence-corrected chi connectivity index (χ3v) is 6.85. The largest absolute Gasteiger partial charge is 0.485 e. The van der Waals surface area contributed by atoms with Crippen LogP contribution in [-0.4, -0.2) is 30.4 Å². The second-order valence-electron chi connectivity index (χ2n) is 9.82. The van der Waals surface area contributed by atoms with E-state index < -0.39 is 0 Å². The Morgan fingerprint density at radius 1 is 1.00 bits per heavy atom. The third-order valence-electron chi connectivity index (χ3n) is 6.85. The van der Waals surface area contributed by atoms with Gasteiger partial charge in [0.1, 0.15) is 11.9 Å². The molecule has 188 valence electrons. The first-order valence-corrected chi connectivity index (χ1v) is 12.8. The molecule has 1 aliphatic heterocycles. The number of carbonyl (C=O) groups excluding carboxylic acids is 1. The van der Waals surface area contributed by atoms with Crippen molar-refractivity contribution in [3.63, 3.8) is 0 Å². The lowest BCUT2D eigenvalue weighted by atomic mass is 9.89. The molecule has 0 unspecified atom stereocenters. The molecular weight excluding hydrogens is 450 g/mol. The zero-order chi connectivity index (χ0) is 25.3. The highest BCUT2D eigenvalue weighted by molar-refractivity contribution is 5.92. The molecule has 1 amide bonds. The summed E-state index contributed by atoms with van der Waals surface area (Å²) in [5.41, 5.74) is 3.81. The van der Waals surface area contributed by atoms with Crippen molar-refractivity contribution in [2.24, 2.45) is 5.92 Å². The van der Waals surface area contributed by atoms with E-state index in [4.69, 9.17) is 4.74 Å². The molecule has 4 rings (SSSR count). The molecule has 1 saturated heterocycles. The van der Waals surface area contributed by atoms with E-state index in [0.29, 0.717) is 17.4 Å². The first-order valence-electron chi connectivity index (χ1n) is 12.8. The first-order chi connectivity index (χ1) is 17.5. The van der Waals surface area contributed by atoms with Crippen molar-refractivity contribution in [2.45, 2.75) is 45.1 Å². The Morgan fingerprint density at radius 2 is 1.75 bits per heavy atom. The number of amides is 1. The van der Waals surface area contributed by atoms with Gasteiger partial charge in [-0.2, -0.15) is 0 Å². The van der Waals surface area contributed by atoms with Crippen LogP contribution in [0.25, 0.3) is 0 Å². The summed E-state index contributed by atoms with van der Waals surface area (Å²) in [6.45, 7) is 6.82. The monoisotopic (exact) mass is 486 g/mol. The van der Waals surface area contributed by atoms with Crippen molar-refractivity contribution in [2.75, 3.05) is 25.0 Å². The summed E-state index contributed by atoms with van der Waals surface area (Å²) in [7, 11) is 0. The number of piperidine rings is 1. The second-order valence-corrected chi connectivity index (χ2v) is 9.82. The fourth-order valence-electron chi connectivity index (χ4n) is 4.71. The van der Waals surface area contributed by atoms with Gasteiger partial charge in [0.05, 0.1) is 6.07 Å². The van der Waals surface area contributed by atoms with Crippen molar-refractivity contribution < 1.29 is 14.7 Å².